The Bertz CT molecular complexity index is 513. The Kier molecular flexibility index (Phi) is 4.83. The van der Waals surface area contributed by atoms with Crippen molar-refractivity contribution in [3.8, 4) is 0 Å². The Labute approximate surface area is 125 Å². The van der Waals surface area contributed by atoms with E-state index in [-0.39, 0.29) is 12.1 Å². The first-order valence-corrected chi connectivity index (χ1v) is 7.61. The van der Waals surface area contributed by atoms with Gasteiger partial charge in [-0.1, -0.05) is 12.1 Å². The molecule has 3 nitrogen and oxygen atoms in total. The molecular formula is C14H16F3NO2S. The van der Waals surface area contributed by atoms with Gasteiger partial charge in [-0.3, -0.25) is 4.79 Å². The van der Waals surface area contributed by atoms with Crippen molar-refractivity contribution in [2.24, 2.45) is 0 Å². The smallest absolute Gasteiger partial charge is 0.376 e. The molecule has 1 aromatic carbocycles. The van der Waals surface area contributed by atoms with E-state index in [1.807, 2.05) is 0 Å². The number of carbonyl (C=O) groups excluding carboxylic acids is 1. The van der Waals surface area contributed by atoms with E-state index in [1.165, 1.54) is 18.2 Å². The largest absolute Gasteiger partial charge is 0.417 e. The minimum absolute atomic E-state index is 0.210. The van der Waals surface area contributed by atoms with Gasteiger partial charge in [0.2, 0.25) is 0 Å². The molecule has 0 unspecified atom stereocenters. The Morgan fingerprint density at radius 1 is 1.43 bits per heavy atom. The lowest BCUT2D eigenvalue weighted by molar-refractivity contribution is -0.137. The maximum atomic E-state index is 12.9. The zero-order valence-electron chi connectivity index (χ0n) is 11.5. The van der Waals surface area contributed by atoms with Crippen LogP contribution in [0.1, 0.15) is 22.3 Å². The number of benzene rings is 1. The van der Waals surface area contributed by atoms with Gasteiger partial charge in [-0.15, -0.1) is 0 Å². The summed E-state index contributed by atoms with van der Waals surface area (Å²) in [6.07, 6.45) is -3.77. The van der Waals surface area contributed by atoms with Crippen LogP contribution in [-0.4, -0.2) is 36.7 Å². The van der Waals surface area contributed by atoms with E-state index in [2.05, 4.69) is 5.32 Å². The molecule has 7 heteroatoms. The van der Waals surface area contributed by atoms with E-state index in [9.17, 15) is 18.0 Å². The van der Waals surface area contributed by atoms with Crippen LogP contribution in [0.15, 0.2) is 24.3 Å². The normalized spacial score (nSPS) is 22.3. The van der Waals surface area contributed by atoms with E-state index in [4.69, 9.17) is 4.74 Å². The summed E-state index contributed by atoms with van der Waals surface area (Å²) in [6, 6.07) is 4.78. The zero-order chi connectivity index (χ0) is 15.5. The summed E-state index contributed by atoms with van der Waals surface area (Å²) < 4.78 is 44.1. The molecule has 1 aliphatic heterocycles. The predicted octanol–water partition coefficient (Wildman–Crippen LogP) is 2.96. The van der Waals surface area contributed by atoms with Gasteiger partial charge < -0.3 is 10.1 Å². The highest BCUT2D eigenvalue weighted by atomic mass is 32.2. The molecule has 116 valence electrons. The van der Waals surface area contributed by atoms with E-state index in [1.54, 1.807) is 18.9 Å². The molecule has 0 aromatic heterocycles. The minimum Gasteiger partial charge on any atom is -0.376 e. The molecule has 0 bridgehead atoms. The molecule has 0 aliphatic carbocycles. The van der Waals surface area contributed by atoms with Crippen molar-refractivity contribution in [2.75, 3.05) is 25.2 Å². The third-order valence-electron chi connectivity index (χ3n) is 3.55. The van der Waals surface area contributed by atoms with Crippen LogP contribution < -0.4 is 5.32 Å². The molecule has 1 aromatic rings. The summed E-state index contributed by atoms with van der Waals surface area (Å²) in [6.45, 7) is 0.210. The summed E-state index contributed by atoms with van der Waals surface area (Å²) in [5.74, 6) is 0.921. The fourth-order valence-corrected chi connectivity index (χ4v) is 3.62. The number of hydrogen-bond acceptors (Lipinski definition) is 3. The first-order chi connectivity index (χ1) is 9.88. The van der Waals surface area contributed by atoms with Gasteiger partial charge in [-0.05, 0) is 24.3 Å². The third kappa shape index (κ3) is 3.71. The molecule has 1 atom stereocenters. The Morgan fingerprint density at radius 3 is 2.71 bits per heavy atom. The van der Waals surface area contributed by atoms with Crippen molar-refractivity contribution in [3.63, 3.8) is 0 Å². The van der Waals surface area contributed by atoms with E-state index in [0.29, 0.717) is 0 Å². The van der Waals surface area contributed by atoms with Gasteiger partial charge in [-0.25, -0.2) is 0 Å². The van der Waals surface area contributed by atoms with Crippen LogP contribution >= 0.6 is 11.8 Å². The highest BCUT2D eigenvalue weighted by Crippen LogP contribution is 2.32. The van der Waals surface area contributed by atoms with E-state index >= 15 is 0 Å². The first-order valence-electron chi connectivity index (χ1n) is 6.45. The second-order valence-corrected chi connectivity index (χ2v) is 6.02. The zero-order valence-corrected chi connectivity index (χ0v) is 12.3. The number of amides is 1. The summed E-state index contributed by atoms with van der Waals surface area (Å²) >= 11 is 1.70. The van der Waals surface area contributed by atoms with Gasteiger partial charge in [0.1, 0.15) is 0 Å². The standard InChI is InChI=1S/C14H16F3NO2S/c1-20-13(6-7-21-9-13)8-18-12(19)10-4-2-3-5-11(10)14(15,16)17/h2-5H,6-9H2,1H3,(H,18,19)/t13-/m1/s1. The van der Waals surface area contributed by atoms with Gasteiger partial charge in [0.15, 0.2) is 0 Å². The van der Waals surface area contributed by atoms with Crippen LogP contribution in [-0.2, 0) is 10.9 Å². The Balaban J connectivity index is 2.11. The maximum Gasteiger partial charge on any atom is 0.417 e. The van der Waals surface area contributed by atoms with Crippen molar-refractivity contribution >= 4 is 17.7 Å². The molecule has 2 rings (SSSR count). The van der Waals surface area contributed by atoms with Crippen molar-refractivity contribution in [1.82, 2.24) is 5.32 Å². The molecule has 1 heterocycles. The Morgan fingerprint density at radius 2 is 2.14 bits per heavy atom. The summed E-state index contributed by atoms with van der Waals surface area (Å²) in [5.41, 5.74) is -1.76. The van der Waals surface area contributed by atoms with Crippen LogP contribution in [0.5, 0.6) is 0 Å². The molecule has 1 aliphatic rings. The van der Waals surface area contributed by atoms with Gasteiger partial charge in [0.25, 0.3) is 5.91 Å². The number of hydrogen-bond donors (Lipinski definition) is 1. The van der Waals surface area contributed by atoms with Crippen molar-refractivity contribution in [2.45, 2.75) is 18.2 Å². The topological polar surface area (TPSA) is 38.3 Å². The number of halogens is 3. The lowest BCUT2D eigenvalue weighted by atomic mass is 10.0. The number of alkyl halides is 3. The molecule has 21 heavy (non-hydrogen) atoms. The molecule has 0 spiro atoms. The molecule has 1 fully saturated rings. The van der Waals surface area contributed by atoms with Crippen LogP contribution in [0, 0.1) is 0 Å². The highest BCUT2D eigenvalue weighted by molar-refractivity contribution is 7.99. The lowest BCUT2D eigenvalue weighted by Crippen LogP contribution is -2.44. The van der Waals surface area contributed by atoms with Crippen molar-refractivity contribution in [3.05, 3.63) is 35.4 Å². The molecule has 0 radical (unpaired) electrons. The first kappa shape index (κ1) is 16.2. The monoisotopic (exact) mass is 319 g/mol. The fourth-order valence-electron chi connectivity index (χ4n) is 2.23. The van der Waals surface area contributed by atoms with Crippen LogP contribution in [0.2, 0.25) is 0 Å². The average Bonchev–Trinajstić information content (AvgIpc) is 2.93. The minimum atomic E-state index is -4.55. The Hall–Kier alpha value is -1.21. The molecule has 1 N–H and O–H groups in total. The number of methoxy groups -OCH3 is 1. The molecule has 1 saturated heterocycles. The number of nitrogens with one attached hydrogen (secondary N) is 1. The molecule has 1 amide bonds. The summed E-state index contributed by atoms with van der Waals surface area (Å²) in [7, 11) is 1.56. The second-order valence-electron chi connectivity index (χ2n) is 4.92. The summed E-state index contributed by atoms with van der Waals surface area (Å²) in [5, 5.41) is 2.57. The summed E-state index contributed by atoms with van der Waals surface area (Å²) in [4.78, 5) is 12.1. The second kappa shape index (κ2) is 6.27. The number of thioether (sulfide) groups is 1. The molecule has 0 saturated carbocycles. The van der Waals surface area contributed by atoms with Crippen LogP contribution in [0.3, 0.4) is 0 Å². The lowest BCUT2D eigenvalue weighted by Gasteiger charge is -2.27. The predicted molar refractivity (Wildman–Crippen MR) is 75.5 cm³/mol. The van der Waals surface area contributed by atoms with Crippen LogP contribution in [0.4, 0.5) is 13.2 Å². The SMILES string of the molecule is CO[C@@]1(CNC(=O)c2ccccc2C(F)(F)F)CCSC1. The van der Waals surface area contributed by atoms with E-state index in [0.717, 1.165) is 24.0 Å². The van der Waals surface area contributed by atoms with Gasteiger partial charge in [0.05, 0.1) is 16.7 Å². The van der Waals surface area contributed by atoms with Gasteiger partial charge >= 0.3 is 6.18 Å². The highest BCUT2D eigenvalue weighted by Gasteiger charge is 2.37. The van der Waals surface area contributed by atoms with Crippen LogP contribution in [0.25, 0.3) is 0 Å². The average molecular weight is 319 g/mol. The maximum absolute atomic E-state index is 12.9. The van der Waals surface area contributed by atoms with Gasteiger partial charge in [0, 0.05) is 19.4 Å². The number of carbonyl (C=O) groups is 1. The van der Waals surface area contributed by atoms with Crippen molar-refractivity contribution in [1.29, 1.82) is 0 Å². The van der Waals surface area contributed by atoms with E-state index < -0.39 is 23.2 Å². The third-order valence-corrected chi connectivity index (χ3v) is 4.77. The van der Waals surface area contributed by atoms with Crippen molar-refractivity contribution < 1.29 is 22.7 Å². The van der Waals surface area contributed by atoms with Gasteiger partial charge in [-0.2, -0.15) is 24.9 Å². The molecular weight excluding hydrogens is 303 g/mol. The quantitative estimate of drug-likeness (QED) is 0.927. The number of ether oxygens (including phenoxy) is 1. The fraction of sp³-hybridized carbons (Fsp3) is 0.500. The number of rotatable bonds is 4.